The molecule has 1 heterocycles. The van der Waals surface area contributed by atoms with Gasteiger partial charge in [0.1, 0.15) is 0 Å². The van der Waals surface area contributed by atoms with Crippen molar-refractivity contribution in [3.63, 3.8) is 0 Å². The zero-order chi connectivity index (χ0) is 16.7. The molecule has 1 aromatic heterocycles. The first-order valence-electron chi connectivity index (χ1n) is 7.74. The van der Waals surface area contributed by atoms with Gasteiger partial charge < -0.3 is 10.4 Å². The molecule has 2 rings (SSSR count). The summed E-state index contributed by atoms with van der Waals surface area (Å²) in [5.74, 6) is 0.650. The minimum absolute atomic E-state index is 0.0349. The zero-order valence-corrected chi connectivity index (χ0v) is 14.3. The molecular weight excluding hydrogens is 310 g/mol. The van der Waals surface area contributed by atoms with E-state index in [4.69, 9.17) is 5.11 Å². The second kappa shape index (κ2) is 8.74. The van der Waals surface area contributed by atoms with Gasteiger partial charge in [-0.05, 0) is 31.2 Å². The van der Waals surface area contributed by atoms with Gasteiger partial charge in [0, 0.05) is 18.4 Å². The van der Waals surface area contributed by atoms with E-state index in [2.05, 4.69) is 10.4 Å². The maximum absolute atomic E-state index is 12.6. The first kappa shape index (κ1) is 17.6. The molecule has 0 spiro atoms. The lowest BCUT2D eigenvalue weighted by molar-refractivity contribution is 0.0934. The number of thioether (sulfide) groups is 1. The van der Waals surface area contributed by atoms with Crippen molar-refractivity contribution in [1.29, 1.82) is 0 Å². The van der Waals surface area contributed by atoms with Crippen molar-refractivity contribution in [1.82, 2.24) is 15.1 Å². The Kier molecular flexibility index (Phi) is 6.67. The van der Waals surface area contributed by atoms with Gasteiger partial charge in [0.25, 0.3) is 5.91 Å². The van der Waals surface area contributed by atoms with Crippen LogP contribution in [0.4, 0.5) is 0 Å². The van der Waals surface area contributed by atoms with Crippen LogP contribution in [0, 0.1) is 0 Å². The number of benzene rings is 1. The standard InChI is InChI=1S/C17H23N3O2S/c1-3-16-15(17(22)19-13(9-10-21)12-23-2)11-18-20(16)14-7-5-4-6-8-14/h4-8,11,13,21H,3,9-10,12H2,1-2H3,(H,19,22). The van der Waals surface area contributed by atoms with Crippen LogP contribution in [0.5, 0.6) is 0 Å². The molecule has 0 aliphatic rings. The largest absolute Gasteiger partial charge is 0.396 e. The highest BCUT2D eigenvalue weighted by Gasteiger charge is 2.19. The Morgan fingerprint density at radius 2 is 2.13 bits per heavy atom. The lowest BCUT2D eigenvalue weighted by Crippen LogP contribution is -2.37. The van der Waals surface area contributed by atoms with E-state index in [0.29, 0.717) is 18.4 Å². The summed E-state index contributed by atoms with van der Waals surface area (Å²) in [6.07, 6.45) is 4.88. The van der Waals surface area contributed by atoms with Gasteiger partial charge in [-0.15, -0.1) is 0 Å². The number of aliphatic hydroxyl groups excluding tert-OH is 1. The molecular formula is C17H23N3O2S. The van der Waals surface area contributed by atoms with E-state index in [1.54, 1.807) is 18.0 Å². The minimum atomic E-state index is -0.128. The Hall–Kier alpha value is -1.79. The Bertz CT molecular complexity index is 622. The van der Waals surface area contributed by atoms with E-state index in [1.807, 2.05) is 48.2 Å². The summed E-state index contributed by atoms with van der Waals surface area (Å²) in [6, 6.07) is 9.76. The fourth-order valence-electron chi connectivity index (χ4n) is 2.51. The van der Waals surface area contributed by atoms with E-state index in [1.165, 1.54) is 0 Å². The van der Waals surface area contributed by atoms with Crippen LogP contribution in [-0.4, -0.2) is 45.5 Å². The number of hydrogen-bond donors (Lipinski definition) is 2. The first-order chi connectivity index (χ1) is 11.2. The van der Waals surface area contributed by atoms with Gasteiger partial charge in [0.05, 0.1) is 23.1 Å². The number of nitrogens with zero attached hydrogens (tertiary/aromatic N) is 2. The van der Waals surface area contributed by atoms with Crippen molar-refractivity contribution in [2.75, 3.05) is 18.6 Å². The molecule has 0 saturated heterocycles. The smallest absolute Gasteiger partial charge is 0.255 e. The summed E-state index contributed by atoms with van der Waals surface area (Å²) in [4.78, 5) is 12.6. The van der Waals surface area contributed by atoms with Gasteiger partial charge in [-0.2, -0.15) is 16.9 Å². The highest BCUT2D eigenvalue weighted by Crippen LogP contribution is 2.16. The second-order valence-electron chi connectivity index (χ2n) is 5.24. The molecule has 1 aromatic carbocycles. The van der Waals surface area contributed by atoms with Crippen LogP contribution in [0.3, 0.4) is 0 Å². The quantitative estimate of drug-likeness (QED) is 0.778. The topological polar surface area (TPSA) is 67.2 Å². The highest BCUT2D eigenvalue weighted by molar-refractivity contribution is 7.98. The van der Waals surface area contributed by atoms with Crippen LogP contribution >= 0.6 is 11.8 Å². The SMILES string of the molecule is CCc1c(C(=O)NC(CCO)CSC)cnn1-c1ccccc1. The average Bonchev–Trinajstić information content (AvgIpc) is 3.00. The van der Waals surface area contributed by atoms with Crippen LogP contribution in [-0.2, 0) is 6.42 Å². The third-order valence-electron chi connectivity index (χ3n) is 3.63. The third-order valence-corrected chi connectivity index (χ3v) is 4.37. The van der Waals surface area contributed by atoms with E-state index < -0.39 is 0 Å². The Labute approximate surface area is 141 Å². The molecule has 1 atom stereocenters. The van der Waals surface area contributed by atoms with Gasteiger partial charge in [-0.3, -0.25) is 4.79 Å². The average molecular weight is 333 g/mol. The van der Waals surface area contributed by atoms with Crippen LogP contribution in [0.2, 0.25) is 0 Å². The van der Waals surface area contributed by atoms with E-state index in [0.717, 1.165) is 17.1 Å². The lowest BCUT2D eigenvalue weighted by atomic mass is 10.1. The first-order valence-corrected chi connectivity index (χ1v) is 9.13. The van der Waals surface area contributed by atoms with Gasteiger partial charge in [-0.25, -0.2) is 4.68 Å². The molecule has 1 amide bonds. The van der Waals surface area contributed by atoms with Crippen LogP contribution in [0.15, 0.2) is 36.5 Å². The third kappa shape index (κ3) is 4.36. The molecule has 0 fully saturated rings. The van der Waals surface area contributed by atoms with E-state index >= 15 is 0 Å². The molecule has 6 heteroatoms. The van der Waals surface area contributed by atoms with Crippen molar-refractivity contribution in [3.05, 3.63) is 47.8 Å². The molecule has 0 radical (unpaired) electrons. The lowest BCUT2D eigenvalue weighted by Gasteiger charge is -2.16. The maximum Gasteiger partial charge on any atom is 0.255 e. The molecule has 0 aliphatic heterocycles. The monoisotopic (exact) mass is 333 g/mol. The number of amides is 1. The molecule has 0 bridgehead atoms. The molecule has 124 valence electrons. The van der Waals surface area contributed by atoms with Crippen molar-refractivity contribution in [2.45, 2.75) is 25.8 Å². The number of carbonyl (C=O) groups is 1. The summed E-state index contributed by atoms with van der Waals surface area (Å²) in [7, 11) is 0. The predicted molar refractivity (Wildman–Crippen MR) is 94.3 cm³/mol. The molecule has 2 N–H and O–H groups in total. The number of rotatable bonds is 8. The number of carbonyl (C=O) groups excluding carboxylic acids is 1. The molecule has 23 heavy (non-hydrogen) atoms. The number of hydrogen-bond acceptors (Lipinski definition) is 4. The highest BCUT2D eigenvalue weighted by atomic mass is 32.2. The van der Waals surface area contributed by atoms with E-state index in [-0.39, 0.29) is 18.6 Å². The van der Waals surface area contributed by atoms with Gasteiger partial charge in [0.2, 0.25) is 0 Å². The normalized spacial score (nSPS) is 12.1. The number of aromatic nitrogens is 2. The number of para-hydroxylation sites is 1. The Morgan fingerprint density at radius 3 is 2.74 bits per heavy atom. The summed E-state index contributed by atoms with van der Waals surface area (Å²) in [5.41, 5.74) is 2.43. The second-order valence-corrected chi connectivity index (χ2v) is 6.15. The fourth-order valence-corrected chi connectivity index (χ4v) is 3.17. The molecule has 0 saturated carbocycles. The number of aliphatic hydroxyl groups is 1. The summed E-state index contributed by atoms with van der Waals surface area (Å²) >= 11 is 1.65. The molecule has 2 aromatic rings. The summed E-state index contributed by atoms with van der Waals surface area (Å²) < 4.78 is 1.81. The van der Waals surface area contributed by atoms with Crippen molar-refractivity contribution < 1.29 is 9.90 Å². The predicted octanol–water partition coefficient (Wildman–Crippen LogP) is 2.28. The molecule has 5 nitrogen and oxygen atoms in total. The molecule has 0 aliphatic carbocycles. The Morgan fingerprint density at radius 1 is 1.39 bits per heavy atom. The maximum atomic E-state index is 12.6. The van der Waals surface area contributed by atoms with Crippen molar-refractivity contribution in [3.8, 4) is 5.69 Å². The summed E-state index contributed by atoms with van der Waals surface area (Å²) in [5, 5.41) is 16.5. The number of nitrogens with one attached hydrogen (secondary N) is 1. The van der Waals surface area contributed by atoms with Crippen LogP contribution in [0.1, 0.15) is 29.4 Å². The zero-order valence-electron chi connectivity index (χ0n) is 13.5. The van der Waals surface area contributed by atoms with Gasteiger partial charge >= 0.3 is 0 Å². The van der Waals surface area contributed by atoms with Crippen molar-refractivity contribution >= 4 is 17.7 Å². The fraction of sp³-hybridized carbons (Fsp3) is 0.412. The van der Waals surface area contributed by atoms with E-state index in [9.17, 15) is 4.79 Å². The van der Waals surface area contributed by atoms with Crippen LogP contribution in [0.25, 0.3) is 5.69 Å². The van der Waals surface area contributed by atoms with Gasteiger partial charge in [-0.1, -0.05) is 25.1 Å². The van der Waals surface area contributed by atoms with Gasteiger partial charge in [0.15, 0.2) is 0 Å². The van der Waals surface area contributed by atoms with Crippen molar-refractivity contribution in [2.24, 2.45) is 0 Å². The molecule has 1 unspecified atom stereocenters. The van der Waals surface area contributed by atoms with Crippen LogP contribution < -0.4 is 5.32 Å². The Balaban J connectivity index is 2.22. The summed E-state index contributed by atoms with van der Waals surface area (Å²) in [6.45, 7) is 2.08. The minimum Gasteiger partial charge on any atom is -0.396 e.